The van der Waals surface area contributed by atoms with Gasteiger partial charge in [0.15, 0.2) is 0 Å². The van der Waals surface area contributed by atoms with Crippen LogP contribution in [0.15, 0.2) is 24.4 Å². The van der Waals surface area contributed by atoms with Gasteiger partial charge in [0, 0.05) is 11.6 Å². The number of aromatic amines is 1. The predicted molar refractivity (Wildman–Crippen MR) is 54.9 cm³/mol. The number of hydrogen-bond donors (Lipinski definition) is 2. The molecule has 2 rings (SSSR count). The van der Waals surface area contributed by atoms with E-state index in [1.54, 1.807) is 12.1 Å². The Morgan fingerprint density at radius 1 is 1.47 bits per heavy atom. The van der Waals surface area contributed by atoms with Crippen LogP contribution in [0, 0.1) is 5.82 Å². The van der Waals surface area contributed by atoms with Crippen molar-refractivity contribution in [1.29, 1.82) is 0 Å². The topological polar surface area (TPSA) is 63.9 Å². The Bertz CT molecular complexity index is 481. The third kappa shape index (κ3) is 1.63. The molecule has 0 atom stereocenters. The third-order valence-electron chi connectivity index (χ3n) is 2.11. The molecule has 3 N–H and O–H groups in total. The number of halogens is 1. The molecular weight excluding hydrogens is 197 g/mol. The Morgan fingerprint density at radius 2 is 2.27 bits per heavy atom. The van der Waals surface area contributed by atoms with Crippen LogP contribution in [-0.4, -0.2) is 17.3 Å². The van der Waals surface area contributed by atoms with Gasteiger partial charge in [-0.05, 0) is 12.1 Å². The van der Waals surface area contributed by atoms with Gasteiger partial charge in [-0.2, -0.15) is 5.10 Å². The summed E-state index contributed by atoms with van der Waals surface area (Å²) < 4.78 is 18.5. The number of benzene rings is 1. The van der Waals surface area contributed by atoms with Gasteiger partial charge in [-0.15, -0.1) is 0 Å². The van der Waals surface area contributed by atoms with Crippen molar-refractivity contribution >= 4 is 5.69 Å². The molecule has 4 nitrogen and oxygen atoms in total. The van der Waals surface area contributed by atoms with Crippen LogP contribution in [0.2, 0.25) is 0 Å². The number of nitrogens with two attached hydrogens (primary N) is 1. The van der Waals surface area contributed by atoms with Gasteiger partial charge in [0.2, 0.25) is 0 Å². The van der Waals surface area contributed by atoms with Crippen LogP contribution in [0.1, 0.15) is 0 Å². The molecule has 0 aliphatic heterocycles. The summed E-state index contributed by atoms with van der Waals surface area (Å²) in [7, 11) is 1.49. The minimum absolute atomic E-state index is 0.380. The van der Waals surface area contributed by atoms with E-state index < -0.39 is 5.82 Å². The van der Waals surface area contributed by atoms with Crippen LogP contribution < -0.4 is 10.5 Å². The van der Waals surface area contributed by atoms with E-state index in [0.29, 0.717) is 22.7 Å². The second kappa shape index (κ2) is 3.61. The zero-order chi connectivity index (χ0) is 10.8. The number of nitrogen functional groups attached to an aromatic ring is 1. The second-order valence-electron chi connectivity index (χ2n) is 3.05. The quantitative estimate of drug-likeness (QED) is 0.789. The van der Waals surface area contributed by atoms with Gasteiger partial charge in [-0.1, -0.05) is 0 Å². The average molecular weight is 207 g/mol. The molecular formula is C10H10FN3O. The summed E-state index contributed by atoms with van der Waals surface area (Å²) in [6.45, 7) is 0. The van der Waals surface area contributed by atoms with Gasteiger partial charge in [-0.3, -0.25) is 5.10 Å². The lowest BCUT2D eigenvalue weighted by molar-refractivity contribution is 0.411. The Balaban J connectivity index is 2.50. The van der Waals surface area contributed by atoms with Crippen molar-refractivity contribution in [3.63, 3.8) is 0 Å². The Kier molecular flexibility index (Phi) is 2.29. The van der Waals surface area contributed by atoms with Gasteiger partial charge in [0.1, 0.15) is 11.6 Å². The third-order valence-corrected chi connectivity index (χ3v) is 2.11. The van der Waals surface area contributed by atoms with Crippen molar-refractivity contribution in [2.45, 2.75) is 0 Å². The molecule has 0 saturated heterocycles. The van der Waals surface area contributed by atoms with Crippen molar-refractivity contribution in [1.82, 2.24) is 10.2 Å². The number of rotatable bonds is 2. The molecule has 0 saturated carbocycles. The van der Waals surface area contributed by atoms with Crippen LogP contribution in [0.4, 0.5) is 10.1 Å². The highest BCUT2D eigenvalue weighted by Crippen LogP contribution is 2.27. The molecule has 5 heteroatoms. The number of H-pyrrole nitrogens is 1. The zero-order valence-electron chi connectivity index (χ0n) is 8.12. The standard InChI is InChI=1S/C10H10FN3O/c1-15-6-2-3-7(8(11)4-6)10-9(12)5-13-14-10/h2-5H,12H2,1H3,(H,13,14). The molecule has 0 unspecified atom stereocenters. The van der Waals surface area contributed by atoms with E-state index in [-0.39, 0.29) is 0 Å². The van der Waals surface area contributed by atoms with Gasteiger partial charge >= 0.3 is 0 Å². The van der Waals surface area contributed by atoms with Crippen molar-refractivity contribution in [2.75, 3.05) is 12.8 Å². The summed E-state index contributed by atoms with van der Waals surface area (Å²) in [6.07, 6.45) is 1.44. The van der Waals surface area contributed by atoms with Crippen molar-refractivity contribution in [3.8, 4) is 17.0 Å². The first-order valence-electron chi connectivity index (χ1n) is 4.35. The molecule has 0 aliphatic rings. The van der Waals surface area contributed by atoms with E-state index >= 15 is 0 Å². The molecule has 0 aliphatic carbocycles. The van der Waals surface area contributed by atoms with Gasteiger partial charge in [0.05, 0.1) is 24.7 Å². The fraction of sp³-hybridized carbons (Fsp3) is 0.100. The zero-order valence-corrected chi connectivity index (χ0v) is 8.12. The van der Waals surface area contributed by atoms with Crippen LogP contribution in [0.3, 0.4) is 0 Å². The highest BCUT2D eigenvalue weighted by Gasteiger charge is 2.10. The number of methoxy groups -OCH3 is 1. The maximum absolute atomic E-state index is 13.6. The molecule has 1 heterocycles. The lowest BCUT2D eigenvalue weighted by Gasteiger charge is -2.04. The minimum Gasteiger partial charge on any atom is -0.497 e. The van der Waals surface area contributed by atoms with Crippen LogP contribution in [-0.2, 0) is 0 Å². The SMILES string of the molecule is COc1ccc(-c2[nH]ncc2N)c(F)c1. The predicted octanol–water partition coefficient (Wildman–Crippen LogP) is 1.81. The Labute approximate surface area is 85.9 Å². The fourth-order valence-corrected chi connectivity index (χ4v) is 1.34. The van der Waals surface area contributed by atoms with Gasteiger partial charge < -0.3 is 10.5 Å². The van der Waals surface area contributed by atoms with Crippen molar-refractivity contribution < 1.29 is 9.13 Å². The maximum atomic E-state index is 13.6. The summed E-state index contributed by atoms with van der Waals surface area (Å²) in [5.41, 5.74) is 6.90. The van der Waals surface area contributed by atoms with Gasteiger partial charge in [0.25, 0.3) is 0 Å². The first-order valence-corrected chi connectivity index (χ1v) is 4.35. The maximum Gasteiger partial charge on any atom is 0.136 e. The van der Waals surface area contributed by atoms with E-state index in [9.17, 15) is 4.39 Å². The fourth-order valence-electron chi connectivity index (χ4n) is 1.34. The average Bonchev–Trinajstić information content (AvgIpc) is 2.64. The number of nitrogens with one attached hydrogen (secondary N) is 1. The minimum atomic E-state index is -0.398. The molecule has 15 heavy (non-hydrogen) atoms. The summed E-state index contributed by atoms with van der Waals surface area (Å²) in [6, 6.07) is 4.56. The number of anilines is 1. The normalized spacial score (nSPS) is 10.3. The largest absolute Gasteiger partial charge is 0.497 e. The van der Waals surface area contributed by atoms with E-state index in [4.69, 9.17) is 10.5 Å². The van der Waals surface area contributed by atoms with Crippen LogP contribution >= 0.6 is 0 Å². The number of ether oxygens (including phenoxy) is 1. The lowest BCUT2D eigenvalue weighted by Crippen LogP contribution is -1.91. The summed E-state index contributed by atoms with van der Waals surface area (Å²) in [5.74, 6) is 0.0691. The molecule has 1 aromatic heterocycles. The summed E-state index contributed by atoms with van der Waals surface area (Å²) in [4.78, 5) is 0. The van der Waals surface area contributed by atoms with Crippen LogP contribution in [0.5, 0.6) is 5.75 Å². The van der Waals surface area contributed by atoms with Crippen molar-refractivity contribution in [2.24, 2.45) is 0 Å². The molecule has 78 valence electrons. The molecule has 0 radical (unpaired) electrons. The molecule has 0 spiro atoms. The highest BCUT2D eigenvalue weighted by atomic mass is 19.1. The second-order valence-corrected chi connectivity index (χ2v) is 3.05. The smallest absolute Gasteiger partial charge is 0.136 e. The van der Waals surface area contributed by atoms with E-state index in [0.717, 1.165) is 0 Å². The Morgan fingerprint density at radius 3 is 2.80 bits per heavy atom. The monoisotopic (exact) mass is 207 g/mol. The Hall–Kier alpha value is -2.04. The first-order chi connectivity index (χ1) is 7.22. The summed E-state index contributed by atoms with van der Waals surface area (Å²) >= 11 is 0. The van der Waals surface area contributed by atoms with Crippen molar-refractivity contribution in [3.05, 3.63) is 30.2 Å². The molecule has 2 aromatic rings. The van der Waals surface area contributed by atoms with Gasteiger partial charge in [-0.25, -0.2) is 4.39 Å². The number of aromatic nitrogens is 2. The molecule has 0 amide bonds. The highest BCUT2D eigenvalue weighted by molar-refractivity contribution is 5.72. The number of nitrogens with zero attached hydrogens (tertiary/aromatic N) is 1. The molecule has 0 fully saturated rings. The van der Waals surface area contributed by atoms with E-state index in [1.165, 1.54) is 19.4 Å². The molecule has 0 bridgehead atoms. The molecule has 1 aromatic carbocycles. The van der Waals surface area contributed by atoms with E-state index in [1.807, 2.05) is 0 Å². The summed E-state index contributed by atoms with van der Waals surface area (Å²) in [5, 5.41) is 6.38. The number of hydrogen-bond acceptors (Lipinski definition) is 3. The van der Waals surface area contributed by atoms with E-state index in [2.05, 4.69) is 10.2 Å². The first kappa shape index (κ1) is 9.51. The lowest BCUT2D eigenvalue weighted by atomic mass is 10.1. The van der Waals surface area contributed by atoms with Crippen LogP contribution in [0.25, 0.3) is 11.3 Å².